The highest BCUT2D eigenvalue weighted by Crippen LogP contribution is 2.37. The van der Waals surface area contributed by atoms with Gasteiger partial charge < -0.3 is 24.3 Å². The molecule has 0 fully saturated rings. The van der Waals surface area contributed by atoms with Gasteiger partial charge in [0.1, 0.15) is 11.5 Å². The first-order valence-electron chi connectivity index (χ1n) is 14.9. The SMILES string of the molecule is C[C@@H](OCc1ccccc1)[C@H](C(=O)O)[C@@H](CCO[Si](c1ccccc1)(c1ccccc1)C(C)(C)C)NC(=O)OC(C)(C)C. The third kappa shape index (κ3) is 9.26. The molecule has 0 radical (unpaired) electrons. The minimum atomic E-state index is -2.87. The van der Waals surface area contributed by atoms with Crippen molar-refractivity contribution in [2.24, 2.45) is 5.92 Å². The molecule has 0 saturated carbocycles. The van der Waals surface area contributed by atoms with Gasteiger partial charge in [0.05, 0.1) is 18.8 Å². The zero-order valence-corrected chi connectivity index (χ0v) is 27.5. The van der Waals surface area contributed by atoms with E-state index in [1.807, 2.05) is 66.7 Å². The molecule has 0 unspecified atom stereocenters. The number of benzene rings is 3. The molecule has 0 aliphatic carbocycles. The summed E-state index contributed by atoms with van der Waals surface area (Å²) in [4.78, 5) is 25.7. The summed E-state index contributed by atoms with van der Waals surface area (Å²) < 4.78 is 18.6. The molecule has 0 aliphatic rings. The van der Waals surface area contributed by atoms with Crippen LogP contribution < -0.4 is 15.7 Å². The van der Waals surface area contributed by atoms with Gasteiger partial charge in [0.25, 0.3) is 8.32 Å². The molecule has 1 amide bonds. The second kappa shape index (κ2) is 14.8. The molecule has 0 saturated heterocycles. The zero-order valence-electron chi connectivity index (χ0n) is 26.5. The quantitative estimate of drug-likeness (QED) is 0.227. The summed E-state index contributed by atoms with van der Waals surface area (Å²) in [5, 5.41) is 15.3. The molecular formula is C35H47NO6Si. The fourth-order valence-corrected chi connectivity index (χ4v) is 10.1. The molecule has 232 valence electrons. The maximum absolute atomic E-state index is 13.0. The Labute approximate surface area is 257 Å². The normalized spacial score (nSPS) is 14.4. The molecule has 3 aromatic rings. The van der Waals surface area contributed by atoms with Crippen LogP contribution in [-0.2, 0) is 25.3 Å². The zero-order chi connectivity index (χ0) is 31.7. The summed E-state index contributed by atoms with van der Waals surface area (Å²) in [6, 6.07) is 29.3. The van der Waals surface area contributed by atoms with Crippen molar-refractivity contribution in [3.05, 3.63) is 96.6 Å². The van der Waals surface area contributed by atoms with Crippen LogP contribution in [0.25, 0.3) is 0 Å². The number of ether oxygens (including phenoxy) is 2. The van der Waals surface area contributed by atoms with Gasteiger partial charge in [-0.05, 0) is 55.1 Å². The van der Waals surface area contributed by atoms with Crippen LogP contribution in [0.4, 0.5) is 4.79 Å². The molecule has 43 heavy (non-hydrogen) atoms. The van der Waals surface area contributed by atoms with Gasteiger partial charge in [-0.2, -0.15) is 0 Å². The summed E-state index contributed by atoms with van der Waals surface area (Å²) in [5.41, 5.74) is 0.193. The molecule has 2 N–H and O–H groups in total. The van der Waals surface area contributed by atoms with Crippen LogP contribution >= 0.6 is 0 Å². The van der Waals surface area contributed by atoms with E-state index in [4.69, 9.17) is 13.9 Å². The topological polar surface area (TPSA) is 94.1 Å². The maximum Gasteiger partial charge on any atom is 0.407 e. The number of hydrogen-bond donors (Lipinski definition) is 2. The first-order chi connectivity index (χ1) is 20.2. The summed E-state index contributed by atoms with van der Waals surface area (Å²) in [6.07, 6.45) is -1.13. The molecule has 3 aromatic carbocycles. The maximum atomic E-state index is 13.0. The van der Waals surface area contributed by atoms with Gasteiger partial charge in [-0.1, -0.05) is 112 Å². The number of carbonyl (C=O) groups excluding carboxylic acids is 1. The Morgan fingerprint density at radius 1 is 0.814 bits per heavy atom. The van der Waals surface area contributed by atoms with Gasteiger partial charge in [0.15, 0.2) is 0 Å². The number of rotatable bonds is 13. The largest absolute Gasteiger partial charge is 0.481 e. The molecule has 8 heteroatoms. The number of carbonyl (C=O) groups is 2. The summed E-state index contributed by atoms with van der Waals surface area (Å²) in [5.74, 6) is -2.11. The molecule has 7 nitrogen and oxygen atoms in total. The molecule has 3 atom stereocenters. The molecule has 0 aliphatic heterocycles. The van der Waals surface area contributed by atoms with Crippen molar-refractivity contribution in [3.8, 4) is 0 Å². The smallest absolute Gasteiger partial charge is 0.407 e. The number of hydrogen-bond acceptors (Lipinski definition) is 5. The monoisotopic (exact) mass is 605 g/mol. The summed E-state index contributed by atoms with van der Waals surface area (Å²) >= 11 is 0. The Bertz CT molecular complexity index is 1250. The van der Waals surface area contributed by atoms with Crippen molar-refractivity contribution in [2.45, 2.75) is 84.3 Å². The van der Waals surface area contributed by atoms with Gasteiger partial charge in [0.2, 0.25) is 0 Å². The number of carboxylic acid groups (broad SMARTS) is 1. The van der Waals surface area contributed by atoms with E-state index >= 15 is 0 Å². The lowest BCUT2D eigenvalue weighted by molar-refractivity contribution is -0.149. The predicted octanol–water partition coefficient (Wildman–Crippen LogP) is 6.15. The highest BCUT2D eigenvalue weighted by Gasteiger charge is 2.50. The van der Waals surface area contributed by atoms with E-state index < -0.39 is 44.0 Å². The van der Waals surface area contributed by atoms with Crippen LogP contribution in [0, 0.1) is 5.92 Å². The predicted molar refractivity (Wildman–Crippen MR) is 173 cm³/mol. The van der Waals surface area contributed by atoms with Gasteiger partial charge in [-0.3, -0.25) is 4.79 Å². The number of nitrogens with one attached hydrogen (secondary N) is 1. The van der Waals surface area contributed by atoms with Crippen LogP contribution in [0.2, 0.25) is 5.04 Å². The second-order valence-corrected chi connectivity index (χ2v) is 17.2. The van der Waals surface area contributed by atoms with Gasteiger partial charge in [0, 0.05) is 6.61 Å². The third-order valence-corrected chi connectivity index (χ3v) is 12.5. The van der Waals surface area contributed by atoms with Gasteiger partial charge >= 0.3 is 12.1 Å². The van der Waals surface area contributed by atoms with Crippen LogP contribution in [0.15, 0.2) is 91.0 Å². The molecule has 3 rings (SSSR count). The Morgan fingerprint density at radius 3 is 1.74 bits per heavy atom. The third-order valence-electron chi connectivity index (χ3n) is 7.45. The lowest BCUT2D eigenvalue weighted by Gasteiger charge is -2.43. The minimum Gasteiger partial charge on any atom is -0.481 e. The minimum absolute atomic E-state index is 0.225. The van der Waals surface area contributed by atoms with Crippen molar-refractivity contribution in [1.82, 2.24) is 5.32 Å². The van der Waals surface area contributed by atoms with E-state index in [2.05, 4.69) is 50.4 Å². The lowest BCUT2D eigenvalue weighted by atomic mass is 9.92. The lowest BCUT2D eigenvalue weighted by Crippen LogP contribution is -2.66. The van der Waals surface area contributed by atoms with Crippen LogP contribution in [0.5, 0.6) is 0 Å². The summed E-state index contributed by atoms with van der Waals surface area (Å²) in [7, 11) is -2.87. The van der Waals surface area contributed by atoms with E-state index in [0.29, 0.717) is 0 Å². The van der Waals surface area contributed by atoms with E-state index in [1.54, 1.807) is 27.7 Å². The van der Waals surface area contributed by atoms with Crippen LogP contribution in [0.3, 0.4) is 0 Å². The van der Waals surface area contributed by atoms with Crippen molar-refractivity contribution in [3.63, 3.8) is 0 Å². The standard InChI is InChI=1S/C35H47NO6Si/c1-26(40-25-27-17-11-8-12-18-27)31(32(37)38)30(36-33(39)42-34(2,3)4)23-24-41-43(35(5,6)7,28-19-13-9-14-20-28)29-21-15-10-16-22-29/h8-22,26,30-31H,23-25H2,1-7H3,(H,36,39)(H,37,38)/t26-,30-,31+/m1/s1. The Kier molecular flexibility index (Phi) is 11.7. The first kappa shape index (κ1) is 34.0. The highest BCUT2D eigenvalue weighted by molar-refractivity contribution is 6.99. The molecular weight excluding hydrogens is 558 g/mol. The molecule has 0 spiro atoms. The van der Waals surface area contributed by atoms with Crippen molar-refractivity contribution < 1.29 is 28.6 Å². The average Bonchev–Trinajstić information content (AvgIpc) is 2.94. The van der Waals surface area contributed by atoms with Crippen molar-refractivity contribution in [1.29, 1.82) is 0 Å². The van der Waals surface area contributed by atoms with Crippen molar-refractivity contribution in [2.75, 3.05) is 6.61 Å². The fraction of sp³-hybridized carbons (Fsp3) is 0.429. The average molecular weight is 606 g/mol. The number of amides is 1. The Balaban J connectivity index is 1.93. The van der Waals surface area contributed by atoms with Crippen molar-refractivity contribution >= 4 is 30.8 Å². The Hall–Kier alpha value is -3.46. The first-order valence-corrected chi connectivity index (χ1v) is 16.8. The van der Waals surface area contributed by atoms with E-state index in [-0.39, 0.29) is 24.7 Å². The fourth-order valence-electron chi connectivity index (χ4n) is 5.51. The van der Waals surface area contributed by atoms with E-state index in [0.717, 1.165) is 15.9 Å². The van der Waals surface area contributed by atoms with Gasteiger partial charge in [-0.25, -0.2) is 4.79 Å². The van der Waals surface area contributed by atoms with E-state index in [9.17, 15) is 14.7 Å². The second-order valence-electron chi connectivity index (χ2n) is 12.9. The number of alkyl carbamates (subject to hydrolysis) is 1. The molecule has 0 bridgehead atoms. The van der Waals surface area contributed by atoms with E-state index in [1.165, 1.54) is 0 Å². The molecule has 0 heterocycles. The highest BCUT2D eigenvalue weighted by atomic mass is 28.4. The number of carboxylic acids is 1. The van der Waals surface area contributed by atoms with Crippen LogP contribution in [0.1, 0.15) is 60.5 Å². The van der Waals surface area contributed by atoms with Gasteiger partial charge in [-0.15, -0.1) is 0 Å². The summed E-state index contributed by atoms with van der Waals surface area (Å²) in [6.45, 7) is 14.1. The Morgan fingerprint density at radius 2 is 1.30 bits per heavy atom. The molecule has 0 aromatic heterocycles. The number of aliphatic carboxylic acids is 1. The van der Waals surface area contributed by atoms with Crippen LogP contribution in [-0.4, -0.2) is 49.8 Å².